The first-order valence-corrected chi connectivity index (χ1v) is 11.2. The van der Waals surface area contributed by atoms with Gasteiger partial charge < -0.3 is 29.4 Å². The van der Waals surface area contributed by atoms with Crippen LogP contribution in [0.3, 0.4) is 0 Å². The summed E-state index contributed by atoms with van der Waals surface area (Å²) in [6.45, 7) is 6.20. The third-order valence-corrected chi connectivity index (χ3v) is 6.17. The van der Waals surface area contributed by atoms with E-state index in [1.54, 1.807) is 19.1 Å². The first kappa shape index (κ1) is 25.3. The van der Waals surface area contributed by atoms with Gasteiger partial charge in [-0.3, -0.25) is 9.59 Å². The minimum absolute atomic E-state index is 0.0523. The van der Waals surface area contributed by atoms with Gasteiger partial charge in [-0.25, -0.2) is 4.79 Å². The van der Waals surface area contributed by atoms with Gasteiger partial charge in [-0.05, 0) is 43.9 Å². The maximum Gasteiger partial charge on any atom is 0.336 e. The predicted octanol–water partition coefficient (Wildman–Crippen LogP) is 2.59. The van der Waals surface area contributed by atoms with Crippen molar-refractivity contribution in [3.63, 3.8) is 0 Å². The molecule has 184 valence electrons. The Morgan fingerprint density at radius 2 is 1.94 bits per heavy atom. The van der Waals surface area contributed by atoms with Crippen molar-refractivity contribution in [3.8, 4) is 11.5 Å². The molecule has 0 aromatic heterocycles. The molecule has 1 aromatic carbocycles. The Balaban J connectivity index is 2.12. The summed E-state index contributed by atoms with van der Waals surface area (Å²) in [5.74, 6) is -3.59. The fraction of sp³-hybridized carbons (Fsp3) is 0.480. The molecule has 1 aliphatic heterocycles. The van der Waals surface area contributed by atoms with E-state index < -0.39 is 29.6 Å². The average molecular weight is 474 g/mol. The maximum absolute atomic E-state index is 13.7. The van der Waals surface area contributed by atoms with Crippen molar-refractivity contribution in [2.45, 2.75) is 33.1 Å². The Bertz CT molecular complexity index is 1040. The van der Waals surface area contributed by atoms with Crippen LogP contribution >= 0.6 is 0 Å². The van der Waals surface area contributed by atoms with Gasteiger partial charge in [-0.15, -0.1) is 0 Å². The van der Waals surface area contributed by atoms with Crippen molar-refractivity contribution in [3.05, 3.63) is 46.3 Å². The fourth-order valence-corrected chi connectivity index (χ4v) is 4.57. The van der Waals surface area contributed by atoms with Crippen molar-refractivity contribution < 1.29 is 38.4 Å². The van der Waals surface area contributed by atoms with Crippen LogP contribution in [0.4, 0.5) is 0 Å². The number of aromatic hydroxyl groups is 1. The van der Waals surface area contributed by atoms with Crippen LogP contribution in [0.15, 0.2) is 40.7 Å². The van der Waals surface area contributed by atoms with E-state index in [0.29, 0.717) is 35.6 Å². The zero-order valence-corrected chi connectivity index (χ0v) is 20.1. The second-order valence-corrected chi connectivity index (χ2v) is 8.30. The summed E-state index contributed by atoms with van der Waals surface area (Å²) in [6.07, 6.45) is 0.427. The molecule has 0 spiro atoms. The van der Waals surface area contributed by atoms with E-state index >= 15 is 0 Å². The smallest absolute Gasteiger partial charge is 0.336 e. The molecular weight excluding hydrogens is 442 g/mol. The van der Waals surface area contributed by atoms with Gasteiger partial charge in [0.05, 0.1) is 26.4 Å². The molecule has 1 heterocycles. The molecule has 0 amide bonds. The van der Waals surface area contributed by atoms with Crippen LogP contribution < -0.4 is 10.1 Å². The molecule has 34 heavy (non-hydrogen) atoms. The average Bonchev–Trinajstić information content (AvgIpc) is 2.81. The van der Waals surface area contributed by atoms with Crippen LogP contribution in [0.1, 0.15) is 38.7 Å². The number of dihydropyridines is 1. The first-order valence-electron chi connectivity index (χ1n) is 11.2. The Morgan fingerprint density at radius 3 is 2.59 bits per heavy atom. The molecular formula is C25H31NO8. The van der Waals surface area contributed by atoms with Gasteiger partial charge in [-0.1, -0.05) is 13.0 Å². The number of ether oxygens (including phenoxy) is 4. The van der Waals surface area contributed by atoms with Gasteiger partial charge in [0.1, 0.15) is 12.5 Å². The lowest BCUT2D eigenvalue weighted by Crippen LogP contribution is -2.43. The highest BCUT2D eigenvalue weighted by Gasteiger charge is 2.47. The van der Waals surface area contributed by atoms with E-state index in [-0.39, 0.29) is 36.2 Å². The van der Waals surface area contributed by atoms with Crippen LogP contribution in [0.25, 0.3) is 0 Å². The summed E-state index contributed by atoms with van der Waals surface area (Å²) in [6, 6.07) is 4.64. The number of carbonyl (C=O) groups excluding carboxylic acids is 3. The van der Waals surface area contributed by atoms with Crippen LogP contribution in [0, 0.1) is 11.8 Å². The van der Waals surface area contributed by atoms with Gasteiger partial charge in [0.2, 0.25) is 0 Å². The SMILES string of the molecule is CCOCCOC(=O)C1=C(C)NC2=C(C(=O)C(C(=O)OC)C(C)C2)C1c1ccc(O)c(OC)c1. The molecule has 9 nitrogen and oxygen atoms in total. The van der Waals surface area contributed by atoms with E-state index in [4.69, 9.17) is 18.9 Å². The fourth-order valence-electron chi connectivity index (χ4n) is 4.57. The summed E-state index contributed by atoms with van der Waals surface area (Å²) in [5.41, 5.74) is 2.30. The van der Waals surface area contributed by atoms with Crippen molar-refractivity contribution >= 4 is 17.7 Å². The standard InChI is InChI=1S/C25H31NO8/c1-6-33-9-10-34-25(30)20-14(3)26-16-11-13(2)19(24(29)32-5)23(28)22(16)21(20)15-7-8-17(27)18(12-15)31-4/h7-8,12-13,19,21,26-27H,6,9-11H2,1-5H3. The normalized spacial score (nSPS) is 22.1. The summed E-state index contributed by atoms with van der Waals surface area (Å²) in [7, 11) is 2.66. The second-order valence-electron chi connectivity index (χ2n) is 8.30. The molecule has 0 fully saturated rings. The number of phenolic OH excluding ortho intramolecular Hbond substituents is 1. The molecule has 0 radical (unpaired) electrons. The molecule has 0 saturated carbocycles. The highest BCUT2D eigenvalue weighted by molar-refractivity contribution is 6.12. The van der Waals surface area contributed by atoms with E-state index in [0.717, 1.165) is 0 Å². The largest absolute Gasteiger partial charge is 0.504 e. The summed E-state index contributed by atoms with van der Waals surface area (Å²) >= 11 is 0. The zero-order valence-electron chi connectivity index (χ0n) is 20.1. The molecule has 3 atom stereocenters. The van der Waals surface area contributed by atoms with E-state index in [1.165, 1.54) is 20.3 Å². The lowest BCUT2D eigenvalue weighted by atomic mass is 9.69. The zero-order chi connectivity index (χ0) is 25.0. The molecule has 1 aromatic rings. The molecule has 0 bridgehead atoms. The number of methoxy groups -OCH3 is 2. The Hall–Kier alpha value is -3.33. The minimum atomic E-state index is -0.985. The van der Waals surface area contributed by atoms with Crippen molar-refractivity contribution in [1.82, 2.24) is 5.32 Å². The molecule has 9 heteroatoms. The Morgan fingerprint density at radius 1 is 1.21 bits per heavy atom. The third kappa shape index (κ3) is 4.79. The van der Waals surface area contributed by atoms with E-state index in [2.05, 4.69) is 5.32 Å². The number of nitrogens with one attached hydrogen (secondary N) is 1. The van der Waals surface area contributed by atoms with E-state index in [1.807, 2.05) is 13.8 Å². The number of allylic oxidation sites excluding steroid dienone is 3. The van der Waals surface area contributed by atoms with Gasteiger partial charge in [0, 0.05) is 29.5 Å². The summed E-state index contributed by atoms with van der Waals surface area (Å²) in [5, 5.41) is 13.3. The number of ketones is 1. The molecule has 0 saturated heterocycles. The number of Topliss-reactive ketones (excluding diaryl/α,β-unsaturated/α-hetero) is 1. The van der Waals surface area contributed by atoms with E-state index in [9.17, 15) is 19.5 Å². The van der Waals surface area contributed by atoms with Crippen molar-refractivity contribution in [2.24, 2.45) is 11.8 Å². The molecule has 1 aliphatic carbocycles. The number of carbonyl (C=O) groups is 3. The number of hydrogen-bond donors (Lipinski definition) is 2. The Labute approximate surface area is 198 Å². The van der Waals surface area contributed by atoms with Gasteiger partial charge in [0.25, 0.3) is 0 Å². The lowest BCUT2D eigenvalue weighted by molar-refractivity contribution is -0.151. The number of phenols is 1. The monoisotopic (exact) mass is 473 g/mol. The minimum Gasteiger partial charge on any atom is -0.504 e. The van der Waals surface area contributed by atoms with Crippen LogP contribution in [-0.4, -0.2) is 56.9 Å². The van der Waals surface area contributed by atoms with Gasteiger partial charge >= 0.3 is 11.9 Å². The summed E-state index contributed by atoms with van der Waals surface area (Å²) < 4.78 is 20.9. The number of benzene rings is 1. The van der Waals surface area contributed by atoms with Gasteiger partial charge in [-0.2, -0.15) is 0 Å². The van der Waals surface area contributed by atoms with Crippen LogP contribution in [-0.2, 0) is 28.6 Å². The van der Waals surface area contributed by atoms with Crippen molar-refractivity contribution in [2.75, 3.05) is 34.0 Å². The van der Waals surface area contributed by atoms with Crippen LogP contribution in [0.2, 0.25) is 0 Å². The highest BCUT2D eigenvalue weighted by Crippen LogP contribution is 2.46. The quantitative estimate of drug-likeness (QED) is 0.333. The molecule has 2 N–H and O–H groups in total. The number of hydrogen-bond acceptors (Lipinski definition) is 9. The van der Waals surface area contributed by atoms with Crippen molar-refractivity contribution in [1.29, 1.82) is 0 Å². The molecule has 2 aliphatic rings. The van der Waals surface area contributed by atoms with Gasteiger partial charge in [0.15, 0.2) is 17.3 Å². The lowest BCUT2D eigenvalue weighted by Gasteiger charge is -2.38. The van der Waals surface area contributed by atoms with Crippen LogP contribution in [0.5, 0.6) is 11.5 Å². The topological polar surface area (TPSA) is 120 Å². The molecule has 3 rings (SSSR count). The molecule has 3 unspecified atom stereocenters. The number of rotatable bonds is 8. The highest BCUT2D eigenvalue weighted by atomic mass is 16.6. The summed E-state index contributed by atoms with van der Waals surface area (Å²) in [4.78, 5) is 39.4. The predicted molar refractivity (Wildman–Crippen MR) is 122 cm³/mol. The number of esters is 2. The third-order valence-electron chi connectivity index (χ3n) is 6.17. The maximum atomic E-state index is 13.7. The first-order chi connectivity index (χ1) is 16.2. The Kier molecular flexibility index (Phi) is 7.98. The second kappa shape index (κ2) is 10.7.